The lowest BCUT2D eigenvalue weighted by molar-refractivity contribution is -0.136. The number of rotatable bonds is 3. The molecule has 28 heavy (non-hydrogen) atoms. The third-order valence-electron chi connectivity index (χ3n) is 4.51. The molecule has 1 atom stereocenters. The van der Waals surface area contributed by atoms with Crippen molar-refractivity contribution in [3.63, 3.8) is 0 Å². The van der Waals surface area contributed by atoms with E-state index >= 15 is 0 Å². The second-order valence-corrected chi connectivity index (χ2v) is 7.86. The first-order valence-corrected chi connectivity index (χ1v) is 8.98. The zero-order valence-electron chi connectivity index (χ0n) is 15.9. The Morgan fingerprint density at radius 3 is 2.68 bits per heavy atom. The Hall–Kier alpha value is -2.97. The molecule has 2 aliphatic rings. The number of hydrogen-bond acceptors (Lipinski definition) is 5. The van der Waals surface area contributed by atoms with Crippen molar-refractivity contribution in [1.29, 1.82) is 0 Å². The fourth-order valence-electron chi connectivity index (χ4n) is 3.25. The molecule has 1 fully saturated rings. The van der Waals surface area contributed by atoms with Crippen LogP contribution in [-0.2, 0) is 27.4 Å². The molecule has 1 aromatic carbocycles. The molecule has 3 rings (SSSR count). The molecule has 4 amide bonds. The Balaban J connectivity index is 1.73. The zero-order chi connectivity index (χ0) is 20.6. The number of fused-ring (bicyclic) bond motifs is 1. The number of piperidine rings is 1. The molecule has 2 N–H and O–H groups in total. The third kappa shape index (κ3) is 4.13. The zero-order valence-corrected chi connectivity index (χ0v) is 15.9. The van der Waals surface area contributed by atoms with E-state index in [0.29, 0.717) is 5.56 Å². The summed E-state index contributed by atoms with van der Waals surface area (Å²) in [6.07, 6.45) is -0.306. The van der Waals surface area contributed by atoms with Gasteiger partial charge in [-0.2, -0.15) is 0 Å². The Bertz CT molecular complexity index is 862. The Labute approximate surface area is 161 Å². The van der Waals surface area contributed by atoms with Crippen LogP contribution in [0.25, 0.3) is 0 Å². The second kappa shape index (κ2) is 7.21. The average Bonchev–Trinajstić information content (AvgIpc) is 2.87. The summed E-state index contributed by atoms with van der Waals surface area (Å²) in [7, 11) is 0. The van der Waals surface area contributed by atoms with Gasteiger partial charge in [-0.3, -0.25) is 19.7 Å². The number of carbonyl (C=O) groups is 4. The van der Waals surface area contributed by atoms with Crippen molar-refractivity contribution >= 4 is 23.8 Å². The summed E-state index contributed by atoms with van der Waals surface area (Å²) < 4.78 is 19.5. The number of alkyl carbamates (subject to hydrolysis) is 1. The summed E-state index contributed by atoms with van der Waals surface area (Å²) in [5, 5.41) is 4.68. The summed E-state index contributed by atoms with van der Waals surface area (Å²) in [4.78, 5) is 49.2. The van der Waals surface area contributed by atoms with Gasteiger partial charge in [-0.15, -0.1) is 0 Å². The highest BCUT2D eigenvalue weighted by atomic mass is 19.1. The largest absolute Gasteiger partial charge is 0.444 e. The quantitative estimate of drug-likeness (QED) is 0.762. The molecule has 0 aromatic heterocycles. The molecule has 2 heterocycles. The van der Waals surface area contributed by atoms with Gasteiger partial charge >= 0.3 is 6.09 Å². The topological polar surface area (TPSA) is 105 Å². The van der Waals surface area contributed by atoms with E-state index in [0.717, 1.165) is 0 Å². The molecule has 0 saturated carbocycles. The van der Waals surface area contributed by atoms with Gasteiger partial charge < -0.3 is 15.0 Å². The minimum atomic E-state index is -0.760. The molecule has 9 heteroatoms. The van der Waals surface area contributed by atoms with Crippen molar-refractivity contribution in [2.24, 2.45) is 0 Å². The van der Waals surface area contributed by atoms with Crippen LogP contribution >= 0.6 is 0 Å². The van der Waals surface area contributed by atoms with E-state index in [4.69, 9.17) is 4.74 Å². The molecule has 1 saturated heterocycles. The van der Waals surface area contributed by atoms with Gasteiger partial charge in [-0.1, -0.05) is 0 Å². The number of hydrogen-bond donors (Lipinski definition) is 2. The van der Waals surface area contributed by atoms with Gasteiger partial charge in [0.15, 0.2) is 0 Å². The maximum absolute atomic E-state index is 14.4. The van der Waals surface area contributed by atoms with Crippen molar-refractivity contribution in [2.45, 2.75) is 58.3 Å². The standard InChI is InChI=1S/C19H22FN3O5/c1-19(2,3)28-18(27)21-8-10-6-12-11(7-13(10)20)9-23(17(12)26)14-4-5-15(24)22-16(14)25/h6-7,14H,4-5,8-9H2,1-3H3,(H,21,27)(H,22,24,25). The van der Waals surface area contributed by atoms with Gasteiger partial charge in [0.05, 0.1) is 0 Å². The fraction of sp³-hybridized carbons (Fsp3) is 0.474. The monoisotopic (exact) mass is 391 g/mol. The molecular formula is C19H22FN3O5. The van der Waals surface area contributed by atoms with Gasteiger partial charge in [0.2, 0.25) is 11.8 Å². The molecule has 0 radical (unpaired) electrons. The van der Waals surface area contributed by atoms with Crippen LogP contribution in [0.5, 0.6) is 0 Å². The van der Waals surface area contributed by atoms with Crippen LogP contribution in [0.3, 0.4) is 0 Å². The number of halogens is 1. The number of ether oxygens (including phenoxy) is 1. The minimum absolute atomic E-state index is 0.0944. The second-order valence-electron chi connectivity index (χ2n) is 7.86. The number of imide groups is 1. The number of amides is 4. The van der Waals surface area contributed by atoms with Gasteiger partial charge in [-0.25, -0.2) is 9.18 Å². The van der Waals surface area contributed by atoms with Crippen molar-refractivity contribution in [2.75, 3.05) is 0 Å². The van der Waals surface area contributed by atoms with Crippen LogP contribution < -0.4 is 10.6 Å². The predicted octanol–water partition coefficient (Wildman–Crippen LogP) is 1.61. The lowest BCUT2D eigenvalue weighted by atomic mass is 10.0. The smallest absolute Gasteiger partial charge is 0.407 e. The van der Waals surface area contributed by atoms with Crippen molar-refractivity contribution in [1.82, 2.24) is 15.5 Å². The van der Waals surface area contributed by atoms with Gasteiger partial charge in [0.1, 0.15) is 17.5 Å². The molecule has 2 aliphatic heterocycles. The molecule has 1 aromatic rings. The van der Waals surface area contributed by atoms with Crippen LogP contribution in [0.4, 0.5) is 9.18 Å². The van der Waals surface area contributed by atoms with E-state index in [2.05, 4.69) is 10.6 Å². The van der Waals surface area contributed by atoms with Crippen LogP contribution in [0, 0.1) is 5.82 Å². The first-order chi connectivity index (χ1) is 13.0. The first-order valence-electron chi connectivity index (χ1n) is 8.98. The highest BCUT2D eigenvalue weighted by Crippen LogP contribution is 2.29. The minimum Gasteiger partial charge on any atom is -0.444 e. The Morgan fingerprint density at radius 2 is 2.04 bits per heavy atom. The molecule has 0 aliphatic carbocycles. The van der Waals surface area contributed by atoms with Gasteiger partial charge in [-0.05, 0) is 44.9 Å². The highest BCUT2D eigenvalue weighted by molar-refractivity contribution is 6.05. The average molecular weight is 391 g/mol. The van der Waals surface area contributed by atoms with Crippen LogP contribution in [0.15, 0.2) is 12.1 Å². The van der Waals surface area contributed by atoms with E-state index in [9.17, 15) is 23.6 Å². The highest BCUT2D eigenvalue weighted by Gasteiger charge is 2.39. The molecular weight excluding hydrogens is 369 g/mol. The number of nitrogens with one attached hydrogen (secondary N) is 2. The summed E-state index contributed by atoms with van der Waals surface area (Å²) in [6.45, 7) is 5.09. The van der Waals surface area contributed by atoms with Crippen molar-refractivity contribution in [3.05, 3.63) is 34.6 Å². The Kier molecular flexibility index (Phi) is 5.10. The van der Waals surface area contributed by atoms with Crippen LogP contribution in [0.1, 0.15) is 55.1 Å². The molecule has 150 valence electrons. The summed E-state index contributed by atoms with van der Waals surface area (Å²) >= 11 is 0. The maximum Gasteiger partial charge on any atom is 0.407 e. The van der Waals surface area contributed by atoms with Crippen LogP contribution in [0.2, 0.25) is 0 Å². The summed E-state index contributed by atoms with van der Waals surface area (Å²) in [5.74, 6) is -1.85. The lowest BCUT2D eigenvalue weighted by Crippen LogP contribution is -2.52. The van der Waals surface area contributed by atoms with Gasteiger partial charge in [0.25, 0.3) is 5.91 Å². The first kappa shape index (κ1) is 19.8. The van der Waals surface area contributed by atoms with E-state index in [1.54, 1.807) is 20.8 Å². The Morgan fingerprint density at radius 1 is 1.32 bits per heavy atom. The molecule has 0 spiro atoms. The number of carbonyl (C=O) groups excluding carboxylic acids is 4. The molecule has 0 bridgehead atoms. The third-order valence-corrected chi connectivity index (χ3v) is 4.51. The van der Waals surface area contributed by atoms with Gasteiger partial charge in [0, 0.05) is 30.6 Å². The number of nitrogens with zero attached hydrogens (tertiary/aromatic N) is 1. The fourth-order valence-corrected chi connectivity index (χ4v) is 3.25. The van der Waals surface area contributed by atoms with Crippen molar-refractivity contribution in [3.8, 4) is 0 Å². The summed E-state index contributed by atoms with van der Waals surface area (Å²) in [6, 6.07) is 1.87. The SMILES string of the molecule is CC(C)(C)OC(=O)NCc1cc2c(cc1F)CN(C1CCC(=O)NC1=O)C2=O. The molecule has 8 nitrogen and oxygen atoms in total. The predicted molar refractivity (Wildman–Crippen MR) is 95.5 cm³/mol. The van der Waals surface area contributed by atoms with E-state index < -0.39 is 35.4 Å². The van der Waals surface area contributed by atoms with E-state index in [1.807, 2.05) is 0 Å². The molecule has 1 unspecified atom stereocenters. The lowest BCUT2D eigenvalue weighted by Gasteiger charge is -2.29. The van der Waals surface area contributed by atoms with E-state index in [-0.39, 0.29) is 43.0 Å². The van der Waals surface area contributed by atoms with Crippen LogP contribution in [-0.4, -0.2) is 40.4 Å². The van der Waals surface area contributed by atoms with Crippen molar-refractivity contribution < 1.29 is 28.3 Å². The summed E-state index contributed by atoms with van der Waals surface area (Å²) in [5.41, 5.74) is 0.210. The maximum atomic E-state index is 14.4. The van der Waals surface area contributed by atoms with E-state index in [1.165, 1.54) is 17.0 Å². The number of benzene rings is 1. The normalized spacial score (nSPS) is 19.4.